The van der Waals surface area contributed by atoms with Crippen molar-refractivity contribution in [1.82, 2.24) is 0 Å². The number of aliphatic hydroxyl groups excluding tert-OH is 1. The zero-order chi connectivity index (χ0) is 13.1. The summed E-state index contributed by atoms with van der Waals surface area (Å²) in [4.78, 5) is 0. The third-order valence-electron chi connectivity index (χ3n) is 2.81. The lowest BCUT2D eigenvalue weighted by Gasteiger charge is -2.21. The third-order valence-corrected chi connectivity index (χ3v) is 5.36. The fourth-order valence-corrected chi connectivity index (χ4v) is 3.48. The van der Waals surface area contributed by atoms with Gasteiger partial charge in [0.25, 0.3) is 0 Å². The highest BCUT2D eigenvalue weighted by Crippen LogP contribution is 2.26. The van der Waals surface area contributed by atoms with Crippen LogP contribution in [0.25, 0.3) is 0 Å². The van der Waals surface area contributed by atoms with Crippen molar-refractivity contribution in [3.05, 3.63) is 34.9 Å². The first-order valence-corrected chi connectivity index (χ1v) is 7.66. The first-order chi connectivity index (χ1) is 7.92. The SMILES string of the molecule is CC[C@H]([C@@H](O)c1cccc(Cl)c1)S(=O)(=O)CC. The van der Waals surface area contributed by atoms with Crippen molar-refractivity contribution >= 4 is 21.4 Å². The van der Waals surface area contributed by atoms with Crippen LogP contribution in [0.5, 0.6) is 0 Å². The molecule has 0 aliphatic heterocycles. The molecule has 0 aromatic heterocycles. The van der Waals surface area contributed by atoms with E-state index in [-0.39, 0.29) is 5.75 Å². The molecule has 1 aromatic rings. The Balaban J connectivity index is 3.06. The van der Waals surface area contributed by atoms with Crippen LogP contribution in [0.15, 0.2) is 24.3 Å². The summed E-state index contributed by atoms with van der Waals surface area (Å²) < 4.78 is 23.7. The van der Waals surface area contributed by atoms with Gasteiger partial charge >= 0.3 is 0 Å². The standard InChI is InChI=1S/C12H17ClO3S/c1-3-11(17(15,16)4-2)12(14)9-6-5-7-10(13)8-9/h5-8,11-12,14H,3-4H2,1-2H3/t11-,12+/m1/s1. The summed E-state index contributed by atoms with van der Waals surface area (Å²) in [5, 5.41) is 9.85. The molecule has 0 heterocycles. The molecular weight excluding hydrogens is 260 g/mol. The van der Waals surface area contributed by atoms with E-state index in [9.17, 15) is 13.5 Å². The molecule has 0 saturated heterocycles. The summed E-state index contributed by atoms with van der Waals surface area (Å²) in [5.41, 5.74) is 0.543. The number of hydrogen-bond acceptors (Lipinski definition) is 3. The summed E-state index contributed by atoms with van der Waals surface area (Å²) >= 11 is 5.82. The lowest BCUT2D eigenvalue weighted by molar-refractivity contribution is 0.169. The van der Waals surface area contributed by atoms with Crippen molar-refractivity contribution in [3.63, 3.8) is 0 Å². The molecule has 5 heteroatoms. The zero-order valence-corrected chi connectivity index (χ0v) is 11.5. The van der Waals surface area contributed by atoms with E-state index < -0.39 is 21.2 Å². The maximum Gasteiger partial charge on any atom is 0.155 e. The molecule has 0 radical (unpaired) electrons. The summed E-state index contributed by atoms with van der Waals surface area (Å²) in [5.74, 6) is 0.0309. The van der Waals surface area contributed by atoms with Gasteiger partial charge in [-0.2, -0.15) is 0 Å². The van der Waals surface area contributed by atoms with Gasteiger partial charge in [0.05, 0.1) is 11.4 Å². The van der Waals surface area contributed by atoms with E-state index in [0.717, 1.165) is 0 Å². The maximum absolute atomic E-state index is 11.8. The highest BCUT2D eigenvalue weighted by atomic mass is 35.5. The molecule has 1 aromatic carbocycles. The Morgan fingerprint density at radius 2 is 2.00 bits per heavy atom. The molecule has 0 unspecified atom stereocenters. The number of rotatable bonds is 5. The van der Waals surface area contributed by atoms with Crippen LogP contribution in [0.4, 0.5) is 0 Å². The Bertz CT molecular complexity index is 470. The second kappa shape index (κ2) is 5.85. The van der Waals surface area contributed by atoms with Crippen LogP contribution in [0, 0.1) is 0 Å². The van der Waals surface area contributed by atoms with Crippen LogP contribution in [0.1, 0.15) is 31.9 Å². The minimum absolute atomic E-state index is 0.0309. The van der Waals surface area contributed by atoms with Crippen LogP contribution >= 0.6 is 11.6 Å². The van der Waals surface area contributed by atoms with Gasteiger partial charge in [-0.05, 0) is 24.1 Å². The number of sulfone groups is 1. The maximum atomic E-state index is 11.8. The van der Waals surface area contributed by atoms with E-state index in [1.165, 1.54) is 0 Å². The smallest absolute Gasteiger partial charge is 0.155 e. The van der Waals surface area contributed by atoms with Gasteiger partial charge in [-0.3, -0.25) is 0 Å². The number of hydrogen-bond donors (Lipinski definition) is 1. The number of benzene rings is 1. The lowest BCUT2D eigenvalue weighted by atomic mass is 10.1. The molecule has 3 nitrogen and oxygen atoms in total. The molecule has 1 N–H and O–H groups in total. The van der Waals surface area contributed by atoms with Gasteiger partial charge < -0.3 is 5.11 Å². The minimum atomic E-state index is -3.26. The van der Waals surface area contributed by atoms with Gasteiger partial charge in [-0.25, -0.2) is 8.42 Å². The fourth-order valence-electron chi connectivity index (χ4n) is 1.79. The summed E-state index contributed by atoms with van der Waals surface area (Å²) in [6, 6.07) is 6.67. The molecule has 0 amide bonds. The van der Waals surface area contributed by atoms with Crippen LogP contribution in [0.2, 0.25) is 5.02 Å². The Hall–Kier alpha value is -0.580. The van der Waals surface area contributed by atoms with Gasteiger partial charge in [0.1, 0.15) is 0 Å². The average Bonchev–Trinajstić information content (AvgIpc) is 2.29. The second-order valence-corrected chi connectivity index (χ2v) is 6.84. The molecule has 0 aliphatic carbocycles. The summed E-state index contributed by atoms with van der Waals surface area (Å²) in [7, 11) is -3.26. The first kappa shape index (κ1) is 14.5. The lowest BCUT2D eigenvalue weighted by Crippen LogP contribution is -2.29. The van der Waals surface area contributed by atoms with Gasteiger partial charge in [0, 0.05) is 10.8 Å². The fraction of sp³-hybridized carbons (Fsp3) is 0.500. The van der Waals surface area contributed by atoms with Crippen LogP contribution < -0.4 is 0 Å². The van der Waals surface area contributed by atoms with Gasteiger partial charge in [0.15, 0.2) is 9.84 Å². The molecule has 0 aliphatic rings. The first-order valence-electron chi connectivity index (χ1n) is 5.57. The van der Waals surface area contributed by atoms with Crippen molar-refractivity contribution in [1.29, 1.82) is 0 Å². The van der Waals surface area contributed by atoms with Crippen molar-refractivity contribution in [2.24, 2.45) is 0 Å². The van der Waals surface area contributed by atoms with Crippen molar-refractivity contribution < 1.29 is 13.5 Å². The monoisotopic (exact) mass is 276 g/mol. The topological polar surface area (TPSA) is 54.4 Å². The molecule has 0 spiro atoms. The van der Waals surface area contributed by atoms with E-state index in [1.807, 2.05) is 0 Å². The highest BCUT2D eigenvalue weighted by molar-refractivity contribution is 7.92. The third kappa shape index (κ3) is 3.44. The Labute approximate surface area is 107 Å². The number of aliphatic hydroxyl groups is 1. The predicted octanol–water partition coefficient (Wildman–Crippen LogP) is 2.59. The molecular formula is C12H17ClO3S. The van der Waals surface area contributed by atoms with Gasteiger partial charge in [-0.15, -0.1) is 0 Å². The molecule has 0 fully saturated rings. The molecule has 0 saturated carbocycles. The summed E-state index contributed by atoms with van der Waals surface area (Å²) in [6.45, 7) is 3.34. The van der Waals surface area contributed by atoms with Crippen LogP contribution in [0.3, 0.4) is 0 Å². The van der Waals surface area contributed by atoms with Crippen molar-refractivity contribution in [2.75, 3.05) is 5.75 Å². The predicted molar refractivity (Wildman–Crippen MR) is 70.0 cm³/mol. The average molecular weight is 277 g/mol. The van der Waals surface area contributed by atoms with Gasteiger partial charge in [-0.1, -0.05) is 37.6 Å². The van der Waals surface area contributed by atoms with Gasteiger partial charge in [0.2, 0.25) is 0 Å². The van der Waals surface area contributed by atoms with Crippen molar-refractivity contribution in [3.8, 4) is 0 Å². The van der Waals surface area contributed by atoms with Crippen LogP contribution in [-0.2, 0) is 9.84 Å². The van der Waals surface area contributed by atoms with E-state index >= 15 is 0 Å². The van der Waals surface area contributed by atoms with E-state index in [0.29, 0.717) is 17.0 Å². The zero-order valence-electron chi connectivity index (χ0n) is 9.93. The molecule has 1 rings (SSSR count). The van der Waals surface area contributed by atoms with E-state index in [2.05, 4.69) is 0 Å². The Kier molecular flexibility index (Phi) is 4.98. The summed E-state index contributed by atoms with van der Waals surface area (Å²) in [6.07, 6.45) is -0.646. The van der Waals surface area contributed by atoms with E-state index in [1.54, 1.807) is 38.1 Å². The Morgan fingerprint density at radius 3 is 2.47 bits per heavy atom. The quantitative estimate of drug-likeness (QED) is 0.899. The second-order valence-electron chi connectivity index (χ2n) is 3.90. The number of halogens is 1. The normalized spacial score (nSPS) is 15.5. The molecule has 96 valence electrons. The highest BCUT2D eigenvalue weighted by Gasteiger charge is 2.30. The van der Waals surface area contributed by atoms with Crippen LogP contribution in [-0.4, -0.2) is 24.5 Å². The largest absolute Gasteiger partial charge is 0.387 e. The minimum Gasteiger partial charge on any atom is -0.387 e. The Morgan fingerprint density at radius 1 is 1.35 bits per heavy atom. The van der Waals surface area contributed by atoms with E-state index in [4.69, 9.17) is 11.6 Å². The molecule has 0 bridgehead atoms. The molecule has 17 heavy (non-hydrogen) atoms. The van der Waals surface area contributed by atoms with Crippen molar-refractivity contribution in [2.45, 2.75) is 31.6 Å². The molecule has 2 atom stereocenters.